The molecule has 2 aromatic rings. The number of nitrogens with zero attached hydrogens (tertiary/aromatic N) is 2. The number of carbonyl (C=O) groups is 1. The zero-order valence-electron chi connectivity index (χ0n) is 15.9. The minimum atomic E-state index is -0.571. The number of ether oxygens (including phenoxy) is 2. The largest absolute Gasteiger partial charge is 0.425 e. The molecule has 0 bridgehead atoms. The SMILES string of the molecule is CCCCCc1cnc(-c2ccc(OC(=O)C(C)OCCC)cc2)nc1. The van der Waals surface area contributed by atoms with Crippen molar-refractivity contribution in [1.29, 1.82) is 0 Å². The number of carbonyl (C=O) groups excluding carboxylic acids is 1. The highest BCUT2D eigenvalue weighted by Crippen LogP contribution is 2.20. The van der Waals surface area contributed by atoms with Crippen LogP contribution in [0.3, 0.4) is 0 Å². The molecule has 0 N–H and O–H groups in total. The van der Waals surface area contributed by atoms with Crippen molar-refractivity contribution < 1.29 is 14.3 Å². The van der Waals surface area contributed by atoms with Gasteiger partial charge in [0.15, 0.2) is 11.9 Å². The van der Waals surface area contributed by atoms with Crippen LogP contribution in [-0.2, 0) is 16.0 Å². The van der Waals surface area contributed by atoms with Gasteiger partial charge in [-0.2, -0.15) is 0 Å². The van der Waals surface area contributed by atoms with Crippen LogP contribution in [0.4, 0.5) is 0 Å². The molecule has 0 spiro atoms. The first kappa shape index (κ1) is 20.0. The van der Waals surface area contributed by atoms with Gasteiger partial charge in [-0.25, -0.2) is 14.8 Å². The molecule has 1 aromatic carbocycles. The Morgan fingerprint density at radius 2 is 1.73 bits per heavy atom. The normalized spacial score (nSPS) is 12.0. The molecule has 140 valence electrons. The first-order valence-electron chi connectivity index (χ1n) is 9.38. The highest BCUT2D eigenvalue weighted by molar-refractivity contribution is 5.77. The molecule has 2 rings (SSSR count). The fourth-order valence-corrected chi connectivity index (χ4v) is 2.45. The van der Waals surface area contributed by atoms with Crippen LogP contribution in [0.5, 0.6) is 5.75 Å². The molecule has 1 atom stereocenters. The minimum Gasteiger partial charge on any atom is -0.425 e. The minimum absolute atomic E-state index is 0.390. The molecule has 1 unspecified atom stereocenters. The molecule has 0 aliphatic carbocycles. The first-order chi connectivity index (χ1) is 12.6. The Bertz CT molecular complexity index is 669. The van der Waals surface area contributed by atoms with Crippen LogP contribution in [0, 0.1) is 0 Å². The van der Waals surface area contributed by atoms with Crippen LogP contribution in [0.15, 0.2) is 36.7 Å². The maximum Gasteiger partial charge on any atom is 0.340 e. The molecule has 0 radical (unpaired) electrons. The molecule has 5 nitrogen and oxygen atoms in total. The summed E-state index contributed by atoms with van der Waals surface area (Å²) in [6.07, 6.45) is 8.68. The summed E-state index contributed by atoms with van der Waals surface area (Å²) in [4.78, 5) is 20.8. The number of rotatable bonds is 10. The molecule has 5 heteroatoms. The topological polar surface area (TPSA) is 61.3 Å². The average molecular weight is 356 g/mol. The van der Waals surface area contributed by atoms with Crippen molar-refractivity contribution in [2.24, 2.45) is 0 Å². The molecule has 0 saturated carbocycles. The summed E-state index contributed by atoms with van der Waals surface area (Å²) in [6, 6.07) is 7.20. The van der Waals surface area contributed by atoms with Gasteiger partial charge in [-0.15, -0.1) is 0 Å². The predicted octanol–water partition coefficient (Wildman–Crippen LogP) is 4.60. The van der Waals surface area contributed by atoms with Gasteiger partial charge in [0.25, 0.3) is 0 Å². The van der Waals surface area contributed by atoms with Gasteiger partial charge in [0.2, 0.25) is 0 Å². The summed E-state index contributed by atoms with van der Waals surface area (Å²) in [5.41, 5.74) is 2.05. The van der Waals surface area contributed by atoms with Gasteiger partial charge in [0.05, 0.1) is 0 Å². The molecular formula is C21H28N2O3. The second-order valence-electron chi connectivity index (χ2n) is 6.33. The molecule has 1 heterocycles. The molecule has 0 aliphatic heterocycles. The number of unbranched alkanes of at least 4 members (excludes halogenated alkanes) is 2. The average Bonchev–Trinajstić information content (AvgIpc) is 2.67. The summed E-state index contributed by atoms with van der Waals surface area (Å²) >= 11 is 0. The van der Waals surface area contributed by atoms with E-state index in [9.17, 15) is 4.79 Å². The lowest BCUT2D eigenvalue weighted by Gasteiger charge is -2.12. The van der Waals surface area contributed by atoms with Crippen molar-refractivity contribution >= 4 is 5.97 Å². The van der Waals surface area contributed by atoms with Gasteiger partial charge in [-0.3, -0.25) is 0 Å². The number of esters is 1. The van der Waals surface area contributed by atoms with Crippen molar-refractivity contribution in [2.75, 3.05) is 6.61 Å². The lowest BCUT2D eigenvalue weighted by molar-refractivity contribution is -0.146. The molecule has 0 fully saturated rings. The van der Waals surface area contributed by atoms with Crippen LogP contribution in [0.2, 0.25) is 0 Å². The van der Waals surface area contributed by atoms with E-state index >= 15 is 0 Å². The first-order valence-corrected chi connectivity index (χ1v) is 9.38. The zero-order chi connectivity index (χ0) is 18.8. The second-order valence-corrected chi connectivity index (χ2v) is 6.33. The van der Waals surface area contributed by atoms with E-state index in [0.29, 0.717) is 18.2 Å². The Hall–Kier alpha value is -2.27. The third kappa shape index (κ3) is 6.23. The van der Waals surface area contributed by atoms with Crippen molar-refractivity contribution in [3.63, 3.8) is 0 Å². The van der Waals surface area contributed by atoms with E-state index in [1.807, 2.05) is 31.5 Å². The van der Waals surface area contributed by atoms with E-state index in [1.165, 1.54) is 19.3 Å². The Labute approximate surface area is 155 Å². The quantitative estimate of drug-likeness (QED) is 0.354. The maximum absolute atomic E-state index is 11.9. The standard InChI is InChI=1S/C21H28N2O3/c1-4-6-7-8-17-14-22-20(23-15-17)18-9-11-19(12-10-18)26-21(24)16(3)25-13-5-2/h9-12,14-16H,4-8,13H2,1-3H3. The van der Waals surface area contributed by atoms with E-state index in [4.69, 9.17) is 9.47 Å². The molecule has 26 heavy (non-hydrogen) atoms. The Kier molecular flexibility index (Phi) is 8.22. The molecule has 0 amide bonds. The second kappa shape index (κ2) is 10.7. The third-order valence-electron chi connectivity index (χ3n) is 4.01. The van der Waals surface area contributed by atoms with Gasteiger partial charge in [0, 0.05) is 24.6 Å². The van der Waals surface area contributed by atoms with Gasteiger partial charge < -0.3 is 9.47 Å². The summed E-state index contributed by atoms with van der Waals surface area (Å²) < 4.78 is 10.7. The van der Waals surface area contributed by atoms with Crippen molar-refractivity contribution in [1.82, 2.24) is 9.97 Å². The van der Waals surface area contributed by atoms with E-state index in [1.54, 1.807) is 19.1 Å². The fraction of sp³-hybridized carbons (Fsp3) is 0.476. The molecule has 1 aromatic heterocycles. The maximum atomic E-state index is 11.9. The smallest absolute Gasteiger partial charge is 0.340 e. The lowest BCUT2D eigenvalue weighted by Crippen LogP contribution is -2.26. The number of benzene rings is 1. The van der Waals surface area contributed by atoms with Crippen molar-refractivity contribution in [2.45, 2.75) is 59.0 Å². The monoisotopic (exact) mass is 356 g/mol. The summed E-state index contributed by atoms with van der Waals surface area (Å²) in [5.74, 6) is 0.766. The zero-order valence-corrected chi connectivity index (χ0v) is 15.9. The van der Waals surface area contributed by atoms with Crippen LogP contribution in [0.25, 0.3) is 11.4 Å². The Morgan fingerprint density at radius 1 is 1.04 bits per heavy atom. The van der Waals surface area contributed by atoms with Crippen LogP contribution in [0.1, 0.15) is 52.0 Å². The predicted molar refractivity (Wildman–Crippen MR) is 102 cm³/mol. The van der Waals surface area contributed by atoms with E-state index in [0.717, 1.165) is 24.0 Å². The van der Waals surface area contributed by atoms with Crippen LogP contribution >= 0.6 is 0 Å². The van der Waals surface area contributed by atoms with Gasteiger partial charge >= 0.3 is 5.97 Å². The van der Waals surface area contributed by atoms with Crippen LogP contribution < -0.4 is 4.74 Å². The van der Waals surface area contributed by atoms with E-state index < -0.39 is 6.10 Å². The number of hydrogen-bond acceptors (Lipinski definition) is 5. The van der Waals surface area contributed by atoms with E-state index in [2.05, 4.69) is 16.9 Å². The summed E-state index contributed by atoms with van der Waals surface area (Å²) in [5, 5.41) is 0. The van der Waals surface area contributed by atoms with Gasteiger partial charge in [-0.1, -0.05) is 26.7 Å². The van der Waals surface area contributed by atoms with E-state index in [-0.39, 0.29) is 5.97 Å². The summed E-state index contributed by atoms with van der Waals surface area (Å²) in [6.45, 7) is 6.43. The van der Waals surface area contributed by atoms with Crippen molar-refractivity contribution in [3.05, 3.63) is 42.2 Å². The van der Waals surface area contributed by atoms with Crippen LogP contribution in [-0.4, -0.2) is 28.6 Å². The number of aryl methyl sites for hydroxylation is 1. The molecule has 0 aliphatic rings. The fourth-order valence-electron chi connectivity index (χ4n) is 2.45. The Balaban J connectivity index is 1.93. The highest BCUT2D eigenvalue weighted by Gasteiger charge is 2.15. The van der Waals surface area contributed by atoms with Crippen molar-refractivity contribution in [3.8, 4) is 17.1 Å². The summed E-state index contributed by atoms with van der Waals surface area (Å²) in [7, 11) is 0. The number of aromatic nitrogens is 2. The number of hydrogen-bond donors (Lipinski definition) is 0. The Morgan fingerprint density at radius 3 is 2.35 bits per heavy atom. The molecular weight excluding hydrogens is 328 g/mol. The molecule has 0 saturated heterocycles. The lowest BCUT2D eigenvalue weighted by atomic mass is 10.1. The third-order valence-corrected chi connectivity index (χ3v) is 4.01. The van der Waals surface area contributed by atoms with Gasteiger partial charge in [0.1, 0.15) is 5.75 Å². The van der Waals surface area contributed by atoms with Gasteiger partial charge in [-0.05, 0) is 56.0 Å². The highest BCUT2D eigenvalue weighted by atomic mass is 16.6.